The topological polar surface area (TPSA) is 22.0 Å². The van der Waals surface area contributed by atoms with Crippen molar-refractivity contribution in [1.82, 2.24) is 4.57 Å². The summed E-state index contributed by atoms with van der Waals surface area (Å²) in [6, 6.07) is 6.21. The molecule has 2 aromatic rings. The molecule has 0 amide bonds. The fourth-order valence-corrected chi connectivity index (χ4v) is 2.11. The van der Waals surface area contributed by atoms with Crippen LogP contribution in [0.1, 0.15) is 29.8 Å². The molecule has 0 saturated carbocycles. The van der Waals surface area contributed by atoms with Crippen molar-refractivity contribution in [2.24, 2.45) is 0 Å². The number of aryl methyl sites for hydroxylation is 1. The molecule has 0 spiro atoms. The van der Waals surface area contributed by atoms with Gasteiger partial charge in [0, 0.05) is 29.2 Å². The number of nitrogens with zero attached hydrogens (tertiary/aromatic N) is 1. The van der Waals surface area contributed by atoms with Crippen LogP contribution in [0.15, 0.2) is 36.5 Å². The van der Waals surface area contributed by atoms with Gasteiger partial charge in [-0.3, -0.25) is 4.79 Å². The quantitative estimate of drug-likeness (QED) is 0.578. The maximum atomic E-state index is 11.6. The summed E-state index contributed by atoms with van der Waals surface area (Å²) in [5.41, 5.74) is 4.15. The first-order valence-corrected chi connectivity index (χ1v) is 5.74. The van der Waals surface area contributed by atoms with Gasteiger partial charge in [0.1, 0.15) is 0 Å². The molecule has 17 heavy (non-hydrogen) atoms. The Morgan fingerprint density at radius 3 is 2.65 bits per heavy atom. The van der Waals surface area contributed by atoms with E-state index in [-0.39, 0.29) is 5.78 Å². The van der Waals surface area contributed by atoms with Gasteiger partial charge in [0.25, 0.3) is 0 Å². The fourth-order valence-electron chi connectivity index (χ4n) is 2.11. The first kappa shape index (κ1) is 11.6. The molecule has 0 aliphatic heterocycles. The van der Waals surface area contributed by atoms with E-state index in [4.69, 9.17) is 0 Å². The van der Waals surface area contributed by atoms with Crippen molar-refractivity contribution < 1.29 is 4.79 Å². The van der Waals surface area contributed by atoms with E-state index in [2.05, 4.69) is 29.3 Å². The Hall–Kier alpha value is -1.83. The number of hydrogen-bond donors (Lipinski definition) is 0. The molecule has 0 N–H and O–H groups in total. The Kier molecular flexibility index (Phi) is 2.88. The molecule has 0 atom stereocenters. The zero-order chi connectivity index (χ0) is 12.6. The molecule has 0 fully saturated rings. The van der Waals surface area contributed by atoms with Crippen LogP contribution in [0.2, 0.25) is 0 Å². The summed E-state index contributed by atoms with van der Waals surface area (Å²) in [6.07, 6.45) is 1.93. The largest absolute Gasteiger partial charge is 0.343 e. The number of fused-ring (bicyclic) bond motifs is 1. The summed E-state index contributed by atoms with van der Waals surface area (Å²) in [5, 5.41) is 1.04. The van der Waals surface area contributed by atoms with Crippen molar-refractivity contribution in [1.29, 1.82) is 0 Å². The second-order valence-corrected chi connectivity index (χ2v) is 4.70. The van der Waals surface area contributed by atoms with E-state index >= 15 is 0 Å². The van der Waals surface area contributed by atoms with E-state index in [1.54, 1.807) is 6.92 Å². The van der Waals surface area contributed by atoms with Gasteiger partial charge in [-0.05, 0) is 32.9 Å². The number of hydrogen-bond acceptors (Lipinski definition) is 1. The van der Waals surface area contributed by atoms with Crippen LogP contribution in [0.3, 0.4) is 0 Å². The third-order valence-electron chi connectivity index (χ3n) is 2.86. The van der Waals surface area contributed by atoms with Crippen LogP contribution in [-0.2, 0) is 6.54 Å². The van der Waals surface area contributed by atoms with Gasteiger partial charge in [-0.25, -0.2) is 0 Å². The number of Topliss-reactive ketones (excluding diaryl/α,β-unsaturated/α-hetero) is 1. The molecule has 0 unspecified atom stereocenters. The minimum absolute atomic E-state index is 0.112. The Labute approximate surface area is 102 Å². The van der Waals surface area contributed by atoms with Crippen LogP contribution in [0.5, 0.6) is 0 Å². The lowest BCUT2D eigenvalue weighted by molar-refractivity contribution is 0.101. The highest BCUT2D eigenvalue weighted by Crippen LogP contribution is 2.24. The first-order chi connectivity index (χ1) is 7.99. The molecular formula is C15H17NO. The van der Waals surface area contributed by atoms with Crippen LogP contribution in [-0.4, -0.2) is 10.4 Å². The third kappa shape index (κ3) is 2.16. The number of carbonyl (C=O) groups is 1. The minimum atomic E-state index is 0.112. The number of rotatable bonds is 3. The molecule has 0 radical (unpaired) electrons. The molecule has 0 aliphatic rings. The van der Waals surface area contributed by atoms with Crippen LogP contribution in [0.25, 0.3) is 10.9 Å². The summed E-state index contributed by atoms with van der Waals surface area (Å²) in [6.45, 7) is 10.3. The number of benzene rings is 1. The van der Waals surface area contributed by atoms with Gasteiger partial charge < -0.3 is 4.57 Å². The maximum Gasteiger partial charge on any atom is 0.161 e. The predicted octanol–water partition coefficient (Wildman–Crippen LogP) is 3.73. The molecule has 2 heteroatoms. The normalized spacial score (nSPS) is 10.8. The maximum absolute atomic E-state index is 11.6. The monoisotopic (exact) mass is 227 g/mol. The summed E-state index contributed by atoms with van der Waals surface area (Å²) in [5.74, 6) is 0.112. The number of allylic oxidation sites excluding steroid dienone is 1. The highest BCUT2D eigenvalue weighted by atomic mass is 16.1. The standard InChI is InChI=1S/C15H17NO/c1-10(2)8-16-9-14(12(4)17)13-7-11(3)5-6-15(13)16/h5-7,9H,1,8H2,2-4H3. The van der Waals surface area contributed by atoms with Crippen molar-refractivity contribution in [3.8, 4) is 0 Å². The van der Waals surface area contributed by atoms with E-state index in [0.29, 0.717) is 0 Å². The van der Waals surface area contributed by atoms with Crippen LogP contribution in [0.4, 0.5) is 0 Å². The Morgan fingerprint density at radius 1 is 1.35 bits per heavy atom. The minimum Gasteiger partial charge on any atom is -0.343 e. The molecule has 1 aromatic carbocycles. The van der Waals surface area contributed by atoms with Crippen molar-refractivity contribution in [2.75, 3.05) is 0 Å². The van der Waals surface area contributed by atoms with E-state index in [1.807, 2.05) is 20.0 Å². The molecule has 1 heterocycles. The summed E-state index contributed by atoms with van der Waals surface area (Å²) in [7, 11) is 0. The van der Waals surface area contributed by atoms with Gasteiger partial charge in [-0.1, -0.05) is 23.8 Å². The lowest BCUT2D eigenvalue weighted by Gasteiger charge is -2.04. The van der Waals surface area contributed by atoms with E-state index in [0.717, 1.165) is 28.6 Å². The highest BCUT2D eigenvalue weighted by molar-refractivity contribution is 6.07. The van der Waals surface area contributed by atoms with Gasteiger partial charge in [-0.15, -0.1) is 0 Å². The molecular weight excluding hydrogens is 210 g/mol. The Balaban J connectivity index is 2.70. The molecule has 0 bridgehead atoms. The smallest absolute Gasteiger partial charge is 0.161 e. The van der Waals surface area contributed by atoms with Gasteiger partial charge in [0.15, 0.2) is 5.78 Å². The van der Waals surface area contributed by atoms with Crippen molar-refractivity contribution in [2.45, 2.75) is 27.3 Å². The van der Waals surface area contributed by atoms with E-state index < -0.39 is 0 Å². The Bertz CT molecular complexity index is 605. The predicted molar refractivity (Wildman–Crippen MR) is 71.5 cm³/mol. The van der Waals surface area contributed by atoms with Crippen LogP contribution in [0, 0.1) is 6.92 Å². The molecule has 0 aliphatic carbocycles. The average molecular weight is 227 g/mol. The van der Waals surface area contributed by atoms with Crippen molar-refractivity contribution in [3.05, 3.63) is 47.7 Å². The van der Waals surface area contributed by atoms with Gasteiger partial charge >= 0.3 is 0 Å². The summed E-state index contributed by atoms with van der Waals surface area (Å²) in [4.78, 5) is 11.6. The first-order valence-electron chi connectivity index (χ1n) is 5.74. The van der Waals surface area contributed by atoms with Gasteiger partial charge in [0.2, 0.25) is 0 Å². The molecule has 2 rings (SSSR count). The zero-order valence-electron chi connectivity index (χ0n) is 10.6. The number of carbonyl (C=O) groups excluding carboxylic acids is 1. The second kappa shape index (κ2) is 4.21. The SMILES string of the molecule is C=C(C)Cn1cc(C(C)=O)c2cc(C)ccc21. The molecule has 1 aromatic heterocycles. The van der Waals surface area contributed by atoms with E-state index in [9.17, 15) is 4.79 Å². The van der Waals surface area contributed by atoms with Gasteiger partial charge in [0.05, 0.1) is 0 Å². The molecule has 2 nitrogen and oxygen atoms in total. The van der Waals surface area contributed by atoms with E-state index in [1.165, 1.54) is 5.56 Å². The second-order valence-electron chi connectivity index (χ2n) is 4.70. The number of aromatic nitrogens is 1. The molecule has 88 valence electrons. The number of ketones is 1. The highest BCUT2D eigenvalue weighted by Gasteiger charge is 2.11. The summed E-state index contributed by atoms with van der Waals surface area (Å²) >= 11 is 0. The van der Waals surface area contributed by atoms with Crippen LogP contribution >= 0.6 is 0 Å². The lowest BCUT2D eigenvalue weighted by Crippen LogP contribution is -1.96. The van der Waals surface area contributed by atoms with Crippen molar-refractivity contribution in [3.63, 3.8) is 0 Å². The lowest BCUT2D eigenvalue weighted by atomic mass is 10.1. The van der Waals surface area contributed by atoms with Gasteiger partial charge in [-0.2, -0.15) is 0 Å². The molecule has 0 saturated heterocycles. The summed E-state index contributed by atoms with van der Waals surface area (Å²) < 4.78 is 2.09. The Morgan fingerprint density at radius 2 is 2.06 bits per heavy atom. The van der Waals surface area contributed by atoms with Crippen molar-refractivity contribution >= 4 is 16.7 Å². The van der Waals surface area contributed by atoms with Crippen LogP contribution < -0.4 is 0 Å². The third-order valence-corrected chi connectivity index (χ3v) is 2.86. The fraction of sp³-hybridized carbons (Fsp3) is 0.267. The zero-order valence-corrected chi connectivity index (χ0v) is 10.6. The average Bonchev–Trinajstić information content (AvgIpc) is 2.55.